The highest BCUT2D eigenvalue weighted by Gasteiger charge is 2.49. The monoisotopic (exact) mass is 596 g/mol. The number of phenolic OH excluding ortho intramolecular Hbond substituents is 2. The largest absolute Gasteiger partial charge is 0.507 e. The molecule has 2 aliphatic heterocycles. The minimum atomic E-state index is -2.00. The van der Waals surface area contributed by atoms with Crippen molar-refractivity contribution in [3.05, 3.63) is 51.6 Å². The van der Waals surface area contributed by atoms with E-state index in [4.69, 9.17) is 14.2 Å². The van der Waals surface area contributed by atoms with E-state index in [9.17, 15) is 34.8 Å². The van der Waals surface area contributed by atoms with Crippen LogP contribution in [0, 0.1) is 0 Å². The van der Waals surface area contributed by atoms with Crippen LogP contribution >= 0.6 is 0 Å². The fourth-order valence-electron chi connectivity index (χ4n) is 6.87. The smallest absolute Gasteiger partial charge is 0.202 e. The molecule has 43 heavy (non-hydrogen) atoms. The molecule has 0 bridgehead atoms. The molecule has 6 rings (SSSR count). The van der Waals surface area contributed by atoms with Gasteiger partial charge < -0.3 is 40.0 Å². The van der Waals surface area contributed by atoms with Crippen molar-refractivity contribution < 1.29 is 49.0 Å². The summed E-state index contributed by atoms with van der Waals surface area (Å²) in [5.41, 5.74) is -2.93. The van der Waals surface area contributed by atoms with Gasteiger partial charge in [0.25, 0.3) is 0 Å². The van der Waals surface area contributed by atoms with Gasteiger partial charge in [0.15, 0.2) is 17.9 Å². The maximum absolute atomic E-state index is 13.8. The number of carbonyl (C=O) groups excluding carboxylic acids is 3. The third-order valence-corrected chi connectivity index (χ3v) is 9.23. The van der Waals surface area contributed by atoms with E-state index in [1.807, 2.05) is 0 Å². The van der Waals surface area contributed by atoms with Crippen molar-refractivity contribution in [2.24, 2.45) is 0 Å². The summed E-state index contributed by atoms with van der Waals surface area (Å²) < 4.78 is 17.6. The Morgan fingerprint density at radius 1 is 1.14 bits per heavy atom. The number of benzene rings is 2. The number of aliphatic hydroxyl groups is 2. The number of methoxy groups -OCH3 is 1. The average Bonchev–Trinajstić information content (AvgIpc) is 3.48. The average molecular weight is 597 g/mol. The van der Waals surface area contributed by atoms with E-state index in [2.05, 4.69) is 10.6 Å². The molecule has 0 spiro atoms. The normalized spacial score (nSPS) is 31.7. The van der Waals surface area contributed by atoms with Crippen LogP contribution in [0.3, 0.4) is 0 Å². The summed E-state index contributed by atoms with van der Waals surface area (Å²) in [4.78, 5) is 40.1. The van der Waals surface area contributed by atoms with Gasteiger partial charge in [-0.25, -0.2) is 0 Å². The Kier molecular flexibility index (Phi) is 7.56. The van der Waals surface area contributed by atoms with Crippen LogP contribution in [0.2, 0.25) is 0 Å². The Hall–Kier alpha value is -3.39. The summed E-state index contributed by atoms with van der Waals surface area (Å²) in [6.45, 7) is 3.77. The molecular weight excluding hydrogens is 560 g/mol. The van der Waals surface area contributed by atoms with Crippen LogP contribution < -0.4 is 15.4 Å². The highest BCUT2D eigenvalue weighted by atomic mass is 16.7. The first kappa shape index (κ1) is 29.7. The van der Waals surface area contributed by atoms with Crippen LogP contribution in [0.25, 0.3) is 0 Å². The minimum absolute atomic E-state index is 0.00427. The number of hydrogen-bond acceptors (Lipinski definition) is 12. The molecule has 7 atom stereocenters. The molecule has 2 fully saturated rings. The van der Waals surface area contributed by atoms with E-state index >= 15 is 0 Å². The SMILES string of the molecule is COc1cccc2c1C(=O)c1c(O)c3c(c(O)c1C2=O)C[C@@](O)(C(C)=O)C[C@@H]3OC1CC(NC2CCCN2)C(O)C(C)O1. The summed E-state index contributed by atoms with van der Waals surface area (Å²) in [5, 5.41) is 52.1. The van der Waals surface area contributed by atoms with Gasteiger partial charge in [0.05, 0.1) is 48.3 Å². The van der Waals surface area contributed by atoms with Gasteiger partial charge in [-0.15, -0.1) is 0 Å². The van der Waals surface area contributed by atoms with Crippen molar-refractivity contribution in [3.63, 3.8) is 0 Å². The van der Waals surface area contributed by atoms with E-state index in [1.165, 1.54) is 32.2 Å². The lowest BCUT2D eigenvalue weighted by atomic mass is 9.72. The lowest BCUT2D eigenvalue weighted by Crippen LogP contribution is -2.58. The quantitative estimate of drug-likeness (QED) is 0.225. The van der Waals surface area contributed by atoms with Crippen molar-refractivity contribution in [1.82, 2.24) is 10.6 Å². The summed E-state index contributed by atoms with van der Waals surface area (Å²) >= 11 is 0. The summed E-state index contributed by atoms with van der Waals surface area (Å²) in [7, 11) is 1.35. The van der Waals surface area contributed by atoms with Gasteiger partial charge in [-0.3, -0.25) is 19.7 Å². The molecule has 2 aromatic carbocycles. The van der Waals surface area contributed by atoms with Gasteiger partial charge in [0.1, 0.15) is 22.8 Å². The van der Waals surface area contributed by atoms with Crippen LogP contribution in [-0.2, 0) is 20.7 Å². The number of ketones is 3. The maximum atomic E-state index is 13.8. The predicted octanol–water partition coefficient (Wildman–Crippen LogP) is 1.37. The molecule has 5 unspecified atom stereocenters. The van der Waals surface area contributed by atoms with Crippen molar-refractivity contribution in [2.75, 3.05) is 13.7 Å². The standard InChI is InChI=1S/C31H36N2O10/c1-13-26(35)17(33-20-8-5-9-32-20)10-21(42-13)43-19-12-31(40,14(2)34)11-16-23(19)30(39)25-24(28(16)37)27(36)15-6-4-7-18(41-3)22(15)29(25)38/h4,6-7,13,17,19-21,26,32-33,35,37,39-40H,5,8-12H2,1-3H3/t13?,17?,19-,20?,21?,26?,31-/m0/s1. The first-order valence-electron chi connectivity index (χ1n) is 14.5. The van der Waals surface area contributed by atoms with Gasteiger partial charge >= 0.3 is 0 Å². The molecule has 2 aromatic rings. The first-order valence-corrected chi connectivity index (χ1v) is 14.5. The number of hydrogen-bond donors (Lipinski definition) is 6. The minimum Gasteiger partial charge on any atom is -0.507 e. The topological polar surface area (TPSA) is 184 Å². The molecule has 230 valence electrons. The number of rotatable bonds is 6. The highest BCUT2D eigenvalue weighted by molar-refractivity contribution is 6.31. The zero-order chi connectivity index (χ0) is 30.8. The van der Waals surface area contributed by atoms with Crippen LogP contribution in [0.5, 0.6) is 17.2 Å². The third-order valence-electron chi connectivity index (χ3n) is 9.23. The Bertz CT molecular complexity index is 1500. The van der Waals surface area contributed by atoms with Crippen molar-refractivity contribution in [1.29, 1.82) is 0 Å². The molecule has 2 heterocycles. The maximum Gasteiger partial charge on any atom is 0.202 e. The van der Waals surface area contributed by atoms with Gasteiger partial charge in [-0.05, 0) is 39.3 Å². The van der Waals surface area contributed by atoms with Crippen LogP contribution in [0.15, 0.2) is 18.2 Å². The zero-order valence-electron chi connectivity index (χ0n) is 24.2. The Balaban J connectivity index is 1.42. The number of carbonyl (C=O) groups is 3. The summed E-state index contributed by atoms with van der Waals surface area (Å²) in [6.07, 6.45) is -2.23. The molecule has 0 radical (unpaired) electrons. The highest BCUT2D eigenvalue weighted by Crippen LogP contribution is 2.52. The van der Waals surface area contributed by atoms with Gasteiger partial charge in [0.2, 0.25) is 5.78 Å². The molecule has 12 heteroatoms. The number of nitrogens with one attached hydrogen (secondary N) is 2. The van der Waals surface area contributed by atoms with Gasteiger partial charge in [0, 0.05) is 42.0 Å². The van der Waals surface area contributed by atoms with Crippen LogP contribution in [-0.4, -0.2) is 87.7 Å². The van der Waals surface area contributed by atoms with E-state index in [-0.39, 0.29) is 47.0 Å². The van der Waals surface area contributed by atoms with Crippen molar-refractivity contribution >= 4 is 17.3 Å². The molecular formula is C31H36N2O10. The Labute approximate surface area is 248 Å². The number of fused-ring (bicyclic) bond motifs is 3. The van der Waals surface area contributed by atoms with Gasteiger partial charge in [-0.1, -0.05) is 12.1 Å². The summed E-state index contributed by atoms with van der Waals surface area (Å²) in [6, 6.07) is 4.07. The number of aliphatic hydroxyl groups excluding tert-OH is 1. The second-order valence-corrected chi connectivity index (χ2v) is 11.9. The van der Waals surface area contributed by atoms with E-state index in [0.29, 0.717) is 0 Å². The molecule has 4 aliphatic rings. The number of aromatic hydroxyl groups is 2. The van der Waals surface area contributed by atoms with E-state index in [0.717, 1.165) is 19.4 Å². The predicted molar refractivity (Wildman–Crippen MR) is 150 cm³/mol. The lowest BCUT2D eigenvalue weighted by molar-refractivity contribution is -0.250. The molecule has 12 nitrogen and oxygen atoms in total. The van der Waals surface area contributed by atoms with Crippen molar-refractivity contribution in [2.45, 2.75) is 88.4 Å². The fraction of sp³-hybridized carbons (Fsp3) is 0.516. The Morgan fingerprint density at radius 3 is 2.56 bits per heavy atom. The number of phenols is 2. The molecule has 0 saturated carbocycles. The van der Waals surface area contributed by atoms with Gasteiger partial charge in [-0.2, -0.15) is 0 Å². The fourth-order valence-corrected chi connectivity index (χ4v) is 6.87. The molecule has 2 aliphatic carbocycles. The lowest BCUT2D eigenvalue weighted by Gasteiger charge is -2.43. The summed E-state index contributed by atoms with van der Waals surface area (Å²) in [5.74, 6) is -3.08. The third kappa shape index (κ3) is 4.82. The van der Waals surface area contributed by atoms with Crippen LogP contribution in [0.1, 0.15) is 88.6 Å². The number of Topliss-reactive ketones (excluding diaryl/α,β-unsaturated/α-hetero) is 1. The van der Waals surface area contributed by atoms with Crippen LogP contribution in [0.4, 0.5) is 0 Å². The molecule has 6 N–H and O–H groups in total. The van der Waals surface area contributed by atoms with Crippen molar-refractivity contribution in [3.8, 4) is 17.2 Å². The molecule has 2 saturated heterocycles. The molecule has 0 amide bonds. The second kappa shape index (κ2) is 11.0. The Morgan fingerprint density at radius 2 is 1.88 bits per heavy atom. The number of ether oxygens (including phenoxy) is 3. The van der Waals surface area contributed by atoms with E-state index < -0.39 is 82.6 Å². The zero-order valence-corrected chi connectivity index (χ0v) is 24.2. The molecule has 0 aromatic heterocycles. The first-order chi connectivity index (χ1) is 20.4. The van der Waals surface area contributed by atoms with E-state index in [1.54, 1.807) is 6.92 Å². The second-order valence-electron chi connectivity index (χ2n) is 11.9.